The van der Waals surface area contributed by atoms with Crippen molar-refractivity contribution in [3.8, 4) is 17.1 Å². The number of ether oxygens (including phenoxy) is 2. The van der Waals surface area contributed by atoms with Crippen LogP contribution >= 0.6 is 0 Å². The Kier molecular flexibility index (Phi) is 5.64. The molecule has 0 bridgehead atoms. The number of cyclic esters (lactones) is 1. The van der Waals surface area contributed by atoms with Gasteiger partial charge in [-0.2, -0.15) is 4.98 Å². The van der Waals surface area contributed by atoms with E-state index in [-0.39, 0.29) is 18.0 Å². The van der Waals surface area contributed by atoms with Crippen LogP contribution in [0.25, 0.3) is 11.4 Å². The van der Waals surface area contributed by atoms with Gasteiger partial charge < -0.3 is 23.8 Å². The van der Waals surface area contributed by atoms with E-state index < -0.39 is 0 Å². The molecule has 2 fully saturated rings. The van der Waals surface area contributed by atoms with Crippen LogP contribution < -0.4 is 4.74 Å². The van der Waals surface area contributed by atoms with Crippen molar-refractivity contribution in [3.05, 3.63) is 30.2 Å². The largest absolute Gasteiger partial charge is 0.497 e. The Hall–Kier alpha value is -3.10. The third-order valence-electron chi connectivity index (χ3n) is 5.42. The van der Waals surface area contributed by atoms with Crippen molar-refractivity contribution in [1.29, 1.82) is 0 Å². The highest BCUT2D eigenvalue weighted by Crippen LogP contribution is 2.22. The molecule has 9 nitrogen and oxygen atoms in total. The normalized spacial score (nSPS) is 17.5. The molecule has 1 aromatic heterocycles. The Balaban J connectivity index is 1.26. The first kappa shape index (κ1) is 19.2. The van der Waals surface area contributed by atoms with E-state index in [1.54, 1.807) is 12.0 Å². The van der Waals surface area contributed by atoms with Gasteiger partial charge in [-0.15, -0.1) is 0 Å². The number of rotatable bonds is 6. The van der Waals surface area contributed by atoms with Crippen molar-refractivity contribution in [2.24, 2.45) is 0 Å². The van der Waals surface area contributed by atoms with Crippen molar-refractivity contribution in [3.63, 3.8) is 0 Å². The van der Waals surface area contributed by atoms with Crippen LogP contribution in [0.1, 0.15) is 25.2 Å². The van der Waals surface area contributed by atoms with E-state index in [1.807, 2.05) is 29.2 Å². The maximum atomic E-state index is 12.5. The molecule has 0 saturated carbocycles. The molecule has 0 atom stereocenters. The Morgan fingerprint density at radius 3 is 2.62 bits per heavy atom. The molecule has 0 unspecified atom stereocenters. The molecule has 3 heterocycles. The molecule has 0 radical (unpaired) electrons. The molecule has 2 saturated heterocycles. The van der Waals surface area contributed by atoms with E-state index in [2.05, 4.69) is 10.1 Å². The highest BCUT2D eigenvalue weighted by Gasteiger charge is 2.33. The molecular weight excluding hydrogens is 376 g/mol. The molecule has 0 spiro atoms. The molecule has 0 N–H and O–H groups in total. The van der Waals surface area contributed by atoms with Gasteiger partial charge in [0.1, 0.15) is 12.4 Å². The van der Waals surface area contributed by atoms with Crippen molar-refractivity contribution in [1.82, 2.24) is 19.9 Å². The monoisotopic (exact) mass is 400 g/mol. The van der Waals surface area contributed by atoms with Gasteiger partial charge in [0.05, 0.1) is 13.7 Å². The number of carbonyl (C=O) groups excluding carboxylic acids is 2. The third-order valence-corrected chi connectivity index (χ3v) is 5.42. The van der Waals surface area contributed by atoms with Gasteiger partial charge in [-0.3, -0.25) is 4.79 Å². The predicted molar refractivity (Wildman–Crippen MR) is 102 cm³/mol. The number of hydrogen-bond donors (Lipinski definition) is 0. The van der Waals surface area contributed by atoms with Gasteiger partial charge in [0.15, 0.2) is 0 Å². The second-order valence-electron chi connectivity index (χ2n) is 7.16. The number of amides is 2. The fraction of sp³-hybridized carbons (Fsp3) is 0.500. The SMILES string of the molecule is COc1ccc(-c2noc(CCC(=O)N3CCC(N4CCOC4=O)CC3)n2)cc1. The number of hydrogen-bond acceptors (Lipinski definition) is 7. The quantitative estimate of drug-likeness (QED) is 0.732. The number of benzene rings is 1. The van der Waals surface area contributed by atoms with Crippen molar-refractivity contribution < 1.29 is 23.6 Å². The molecule has 9 heteroatoms. The minimum atomic E-state index is -0.237. The molecule has 1 aromatic carbocycles. The number of methoxy groups -OCH3 is 1. The summed E-state index contributed by atoms with van der Waals surface area (Å²) in [5.74, 6) is 1.76. The van der Waals surface area contributed by atoms with Crippen LogP contribution in [0.5, 0.6) is 5.75 Å². The lowest BCUT2D eigenvalue weighted by Gasteiger charge is -2.35. The fourth-order valence-corrected chi connectivity index (χ4v) is 3.75. The number of piperidine rings is 1. The first-order valence-corrected chi connectivity index (χ1v) is 9.82. The van der Waals surface area contributed by atoms with E-state index in [1.165, 1.54) is 0 Å². The molecule has 154 valence electrons. The zero-order chi connectivity index (χ0) is 20.2. The van der Waals surface area contributed by atoms with Gasteiger partial charge in [-0.05, 0) is 37.1 Å². The average molecular weight is 400 g/mol. The third kappa shape index (κ3) is 4.33. The maximum absolute atomic E-state index is 12.5. The standard InChI is InChI=1S/C20H24N4O5/c1-27-16-4-2-14(3-5-16)19-21-17(29-22-19)6-7-18(25)23-10-8-15(9-11-23)24-12-13-28-20(24)26/h2-5,15H,6-13H2,1H3. The second-order valence-corrected chi connectivity index (χ2v) is 7.16. The molecule has 2 aliphatic rings. The van der Waals surface area contributed by atoms with Crippen LogP contribution in [0, 0.1) is 0 Å². The average Bonchev–Trinajstić information content (AvgIpc) is 3.41. The van der Waals surface area contributed by atoms with Gasteiger partial charge in [0.25, 0.3) is 0 Å². The lowest BCUT2D eigenvalue weighted by Crippen LogP contribution is -2.47. The summed E-state index contributed by atoms with van der Waals surface area (Å²) >= 11 is 0. The van der Waals surface area contributed by atoms with E-state index in [9.17, 15) is 9.59 Å². The minimum Gasteiger partial charge on any atom is -0.497 e. The van der Waals surface area contributed by atoms with E-state index in [0.717, 1.165) is 24.2 Å². The molecule has 4 rings (SSSR count). The van der Waals surface area contributed by atoms with Gasteiger partial charge in [-0.1, -0.05) is 5.16 Å². The van der Waals surface area contributed by atoms with Crippen LogP contribution in [-0.2, 0) is 16.0 Å². The highest BCUT2D eigenvalue weighted by atomic mass is 16.6. The van der Waals surface area contributed by atoms with E-state index in [4.69, 9.17) is 14.0 Å². The summed E-state index contributed by atoms with van der Waals surface area (Å²) in [5, 5.41) is 3.99. The molecule has 29 heavy (non-hydrogen) atoms. The van der Waals surface area contributed by atoms with Crippen LogP contribution in [0.4, 0.5) is 4.79 Å². The van der Waals surface area contributed by atoms with Crippen molar-refractivity contribution >= 4 is 12.0 Å². The summed E-state index contributed by atoms with van der Waals surface area (Å²) in [5.41, 5.74) is 0.828. The number of nitrogens with zero attached hydrogens (tertiary/aromatic N) is 4. The number of aromatic nitrogens is 2. The van der Waals surface area contributed by atoms with Crippen LogP contribution in [0.3, 0.4) is 0 Å². The Morgan fingerprint density at radius 2 is 1.97 bits per heavy atom. The van der Waals surface area contributed by atoms with Gasteiger partial charge >= 0.3 is 6.09 Å². The summed E-state index contributed by atoms with van der Waals surface area (Å²) in [6.07, 6.45) is 2.05. The predicted octanol–water partition coefficient (Wildman–Crippen LogP) is 2.12. The van der Waals surface area contributed by atoms with Crippen molar-refractivity contribution in [2.75, 3.05) is 33.4 Å². The summed E-state index contributed by atoms with van der Waals surface area (Å²) < 4.78 is 15.4. The summed E-state index contributed by atoms with van der Waals surface area (Å²) in [4.78, 5) is 32.2. The lowest BCUT2D eigenvalue weighted by atomic mass is 10.0. The van der Waals surface area contributed by atoms with Crippen molar-refractivity contribution in [2.45, 2.75) is 31.7 Å². The number of carbonyl (C=O) groups is 2. The smallest absolute Gasteiger partial charge is 0.410 e. The summed E-state index contributed by atoms with van der Waals surface area (Å²) in [6, 6.07) is 7.55. The van der Waals surface area contributed by atoms with E-state index >= 15 is 0 Å². The minimum absolute atomic E-state index is 0.0663. The van der Waals surface area contributed by atoms with Crippen LogP contribution in [-0.4, -0.2) is 71.3 Å². The Morgan fingerprint density at radius 1 is 1.21 bits per heavy atom. The van der Waals surface area contributed by atoms with Gasteiger partial charge in [-0.25, -0.2) is 4.79 Å². The number of aryl methyl sites for hydroxylation is 1. The van der Waals surface area contributed by atoms with Gasteiger partial charge in [0.2, 0.25) is 17.6 Å². The Bertz CT molecular complexity index is 858. The highest BCUT2D eigenvalue weighted by molar-refractivity contribution is 5.76. The topological polar surface area (TPSA) is 98.0 Å². The molecule has 2 amide bonds. The maximum Gasteiger partial charge on any atom is 0.410 e. The van der Waals surface area contributed by atoms with Crippen LogP contribution in [0.2, 0.25) is 0 Å². The lowest BCUT2D eigenvalue weighted by molar-refractivity contribution is -0.132. The molecule has 0 aliphatic carbocycles. The molecule has 2 aliphatic heterocycles. The van der Waals surface area contributed by atoms with Gasteiger partial charge in [0, 0.05) is 37.5 Å². The number of likely N-dealkylation sites (tertiary alicyclic amines) is 1. The zero-order valence-corrected chi connectivity index (χ0v) is 16.4. The summed E-state index contributed by atoms with van der Waals surface area (Å²) in [7, 11) is 1.61. The first-order valence-electron chi connectivity index (χ1n) is 9.82. The van der Waals surface area contributed by atoms with Crippen LogP contribution in [0.15, 0.2) is 28.8 Å². The first-order chi connectivity index (χ1) is 14.1. The fourth-order valence-electron chi connectivity index (χ4n) is 3.75. The van der Waals surface area contributed by atoms with E-state index in [0.29, 0.717) is 50.8 Å². The molecular formula is C20H24N4O5. The zero-order valence-electron chi connectivity index (χ0n) is 16.4. The second kappa shape index (κ2) is 8.50. The molecule has 2 aromatic rings. The summed E-state index contributed by atoms with van der Waals surface area (Å²) in [6.45, 7) is 2.40. The Labute approximate surface area is 168 Å².